The summed E-state index contributed by atoms with van der Waals surface area (Å²) in [4.78, 5) is 42.3. The Morgan fingerprint density at radius 3 is 2.64 bits per heavy atom. The van der Waals surface area contributed by atoms with Gasteiger partial charge in [-0.1, -0.05) is 13.8 Å². The zero-order valence-corrected chi connectivity index (χ0v) is 16.1. The summed E-state index contributed by atoms with van der Waals surface area (Å²) in [6, 6.07) is 1.40. The number of imide groups is 1. The lowest BCUT2D eigenvalue weighted by Crippen LogP contribution is -2.44. The Bertz CT molecular complexity index is 814. The van der Waals surface area contributed by atoms with Gasteiger partial charge in [-0.05, 0) is 18.2 Å². The van der Waals surface area contributed by atoms with Crippen molar-refractivity contribution in [1.29, 1.82) is 0 Å². The molecule has 0 aliphatic carbocycles. The number of benzene rings is 1. The third-order valence-electron chi connectivity index (χ3n) is 4.98. The van der Waals surface area contributed by atoms with Crippen molar-refractivity contribution in [3.05, 3.63) is 35.4 Å². The van der Waals surface area contributed by atoms with Crippen LogP contribution in [0.2, 0.25) is 0 Å². The predicted molar refractivity (Wildman–Crippen MR) is 95.5 cm³/mol. The molecule has 1 unspecified atom stereocenters. The number of halogens is 2. The molecule has 3 rings (SSSR count). The van der Waals surface area contributed by atoms with Crippen LogP contribution in [-0.4, -0.2) is 78.5 Å². The third kappa shape index (κ3) is 3.71. The second-order valence-electron chi connectivity index (χ2n) is 7.88. The van der Waals surface area contributed by atoms with E-state index in [2.05, 4.69) is 0 Å². The first-order valence-corrected chi connectivity index (χ1v) is 9.00. The number of rotatable bonds is 4. The molecule has 2 heterocycles. The van der Waals surface area contributed by atoms with Crippen molar-refractivity contribution in [1.82, 2.24) is 14.7 Å². The van der Waals surface area contributed by atoms with Crippen molar-refractivity contribution in [2.75, 3.05) is 39.9 Å². The van der Waals surface area contributed by atoms with Gasteiger partial charge in [-0.25, -0.2) is 13.6 Å². The lowest BCUT2D eigenvalue weighted by Gasteiger charge is -2.30. The second-order valence-corrected chi connectivity index (χ2v) is 7.88. The number of amides is 4. The van der Waals surface area contributed by atoms with Gasteiger partial charge in [0.1, 0.15) is 17.7 Å². The Balaban J connectivity index is 1.91. The Hall–Kier alpha value is -2.55. The van der Waals surface area contributed by atoms with Crippen molar-refractivity contribution in [2.45, 2.75) is 19.9 Å². The standard InChI is InChI=1S/C19H23F2N3O4/c1-19(2)10-22(16(25)13-8-12(20)4-5-14(13)21)9-15-17(26)23(6-7-28-3)18(27)24(15)11-19/h4-5,8,15H,6-7,9-11H2,1-3H3. The fraction of sp³-hybridized carbons (Fsp3) is 0.526. The number of nitrogens with zero attached hydrogens (tertiary/aromatic N) is 3. The lowest BCUT2D eigenvalue weighted by molar-refractivity contribution is -0.128. The molecule has 0 bridgehead atoms. The van der Waals surface area contributed by atoms with Gasteiger partial charge < -0.3 is 14.5 Å². The number of carbonyl (C=O) groups excluding carboxylic acids is 3. The van der Waals surface area contributed by atoms with Crippen molar-refractivity contribution < 1.29 is 27.9 Å². The van der Waals surface area contributed by atoms with Crippen LogP contribution in [0.5, 0.6) is 0 Å². The van der Waals surface area contributed by atoms with E-state index in [0.717, 1.165) is 23.1 Å². The normalized spacial score (nSPS) is 21.8. The smallest absolute Gasteiger partial charge is 0.327 e. The average molecular weight is 395 g/mol. The van der Waals surface area contributed by atoms with Gasteiger partial charge in [0.2, 0.25) is 0 Å². The van der Waals surface area contributed by atoms with Crippen LogP contribution in [0, 0.1) is 17.0 Å². The van der Waals surface area contributed by atoms with Crippen molar-refractivity contribution >= 4 is 17.8 Å². The van der Waals surface area contributed by atoms with E-state index < -0.39 is 46.5 Å². The summed E-state index contributed by atoms with van der Waals surface area (Å²) < 4.78 is 32.6. The van der Waals surface area contributed by atoms with Crippen molar-refractivity contribution in [2.24, 2.45) is 5.41 Å². The van der Waals surface area contributed by atoms with Gasteiger partial charge in [0, 0.05) is 25.6 Å². The number of fused-ring (bicyclic) bond motifs is 1. The largest absolute Gasteiger partial charge is 0.383 e. The third-order valence-corrected chi connectivity index (χ3v) is 4.98. The van der Waals surface area contributed by atoms with Crippen LogP contribution in [0.25, 0.3) is 0 Å². The van der Waals surface area contributed by atoms with Gasteiger partial charge in [0.25, 0.3) is 11.8 Å². The molecule has 9 heteroatoms. The summed E-state index contributed by atoms with van der Waals surface area (Å²) >= 11 is 0. The molecule has 2 aliphatic rings. The number of urea groups is 1. The lowest BCUT2D eigenvalue weighted by atomic mass is 9.92. The molecule has 4 amide bonds. The Morgan fingerprint density at radius 1 is 1.25 bits per heavy atom. The number of ether oxygens (including phenoxy) is 1. The summed E-state index contributed by atoms with van der Waals surface area (Å²) in [5, 5.41) is 0. The summed E-state index contributed by atoms with van der Waals surface area (Å²) in [6.07, 6.45) is 0. The van der Waals surface area contributed by atoms with E-state index >= 15 is 0 Å². The summed E-state index contributed by atoms with van der Waals surface area (Å²) in [5.74, 6) is -2.68. The number of hydrogen-bond acceptors (Lipinski definition) is 4. The molecule has 0 N–H and O–H groups in total. The molecule has 1 atom stereocenters. The Morgan fingerprint density at radius 2 is 1.96 bits per heavy atom. The quantitative estimate of drug-likeness (QED) is 0.728. The first kappa shape index (κ1) is 20.2. The highest BCUT2D eigenvalue weighted by atomic mass is 19.1. The van der Waals surface area contributed by atoms with E-state index in [0.29, 0.717) is 0 Å². The zero-order chi connectivity index (χ0) is 20.6. The molecule has 1 aromatic carbocycles. The molecule has 2 fully saturated rings. The molecule has 0 saturated carbocycles. The molecular weight excluding hydrogens is 372 g/mol. The first-order valence-electron chi connectivity index (χ1n) is 9.00. The molecular formula is C19H23F2N3O4. The Labute approximate surface area is 161 Å². The molecule has 0 radical (unpaired) electrons. The second kappa shape index (κ2) is 7.46. The fourth-order valence-corrected chi connectivity index (χ4v) is 3.73. The van der Waals surface area contributed by atoms with E-state index in [1.807, 2.05) is 13.8 Å². The zero-order valence-electron chi connectivity index (χ0n) is 16.1. The SMILES string of the molecule is COCCN1C(=O)C2CN(C(=O)c3cc(F)ccc3F)CC(C)(C)CN2C1=O. The highest BCUT2D eigenvalue weighted by Crippen LogP contribution is 2.31. The maximum absolute atomic E-state index is 14.1. The molecule has 152 valence electrons. The maximum Gasteiger partial charge on any atom is 0.327 e. The van der Waals surface area contributed by atoms with Crippen LogP contribution in [0.15, 0.2) is 18.2 Å². The summed E-state index contributed by atoms with van der Waals surface area (Å²) in [6.45, 7) is 4.42. The highest BCUT2D eigenvalue weighted by molar-refractivity contribution is 6.05. The van der Waals surface area contributed by atoms with E-state index in [4.69, 9.17) is 4.74 Å². The van der Waals surface area contributed by atoms with Crippen LogP contribution in [0.1, 0.15) is 24.2 Å². The molecule has 2 aliphatic heterocycles. The minimum absolute atomic E-state index is 0.0771. The van der Waals surface area contributed by atoms with Crippen molar-refractivity contribution in [3.8, 4) is 0 Å². The minimum Gasteiger partial charge on any atom is -0.383 e. The van der Waals surface area contributed by atoms with E-state index in [9.17, 15) is 23.2 Å². The first-order chi connectivity index (χ1) is 13.1. The fourth-order valence-electron chi connectivity index (χ4n) is 3.73. The van der Waals surface area contributed by atoms with Crippen LogP contribution in [0.3, 0.4) is 0 Å². The Kier molecular flexibility index (Phi) is 5.38. The number of methoxy groups -OCH3 is 1. The summed E-state index contributed by atoms with van der Waals surface area (Å²) in [7, 11) is 1.47. The highest BCUT2D eigenvalue weighted by Gasteiger charge is 2.50. The summed E-state index contributed by atoms with van der Waals surface area (Å²) in [5.41, 5.74) is -0.932. The maximum atomic E-state index is 14.1. The van der Waals surface area contributed by atoms with E-state index in [-0.39, 0.29) is 32.8 Å². The number of hydrogen-bond donors (Lipinski definition) is 0. The van der Waals surface area contributed by atoms with Crippen LogP contribution >= 0.6 is 0 Å². The number of carbonyl (C=O) groups is 3. The van der Waals surface area contributed by atoms with Gasteiger partial charge in [0.05, 0.1) is 25.3 Å². The molecule has 0 aromatic heterocycles. The topological polar surface area (TPSA) is 70.2 Å². The van der Waals surface area contributed by atoms with Gasteiger partial charge in [-0.3, -0.25) is 14.5 Å². The molecule has 28 heavy (non-hydrogen) atoms. The molecule has 2 saturated heterocycles. The molecule has 7 nitrogen and oxygen atoms in total. The van der Waals surface area contributed by atoms with Gasteiger partial charge in [-0.15, -0.1) is 0 Å². The predicted octanol–water partition coefficient (Wildman–Crippen LogP) is 1.73. The van der Waals surface area contributed by atoms with Gasteiger partial charge in [-0.2, -0.15) is 0 Å². The van der Waals surface area contributed by atoms with E-state index in [1.54, 1.807) is 0 Å². The molecule has 0 spiro atoms. The molecule has 1 aromatic rings. The van der Waals surface area contributed by atoms with Gasteiger partial charge >= 0.3 is 6.03 Å². The average Bonchev–Trinajstić information content (AvgIpc) is 2.77. The minimum atomic E-state index is -0.855. The van der Waals surface area contributed by atoms with E-state index in [1.165, 1.54) is 16.9 Å². The van der Waals surface area contributed by atoms with Crippen LogP contribution in [0.4, 0.5) is 13.6 Å². The van der Waals surface area contributed by atoms with Crippen LogP contribution in [-0.2, 0) is 9.53 Å². The van der Waals surface area contributed by atoms with Crippen molar-refractivity contribution in [3.63, 3.8) is 0 Å². The van der Waals surface area contributed by atoms with Gasteiger partial charge in [0.15, 0.2) is 0 Å². The monoisotopic (exact) mass is 395 g/mol. The van der Waals surface area contributed by atoms with Crippen LogP contribution < -0.4 is 0 Å².